The second kappa shape index (κ2) is 5.70. The molecule has 88 valence electrons. The van der Waals surface area contributed by atoms with Crippen molar-refractivity contribution in [2.24, 2.45) is 0 Å². The lowest BCUT2D eigenvalue weighted by Crippen LogP contribution is -2.05. The van der Waals surface area contributed by atoms with Gasteiger partial charge in [0.05, 0.1) is 5.56 Å². The fourth-order valence-electron chi connectivity index (χ4n) is 1.38. The van der Waals surface area contributed by atoms with Gasteiger partial charge in [0.15, 0.2) is 5.78 Å². The van der Waals surface area contributed by atoms with Crippen LogP contribution >= 0.6 is 0 Å². The number of rotatable bonds is 5. The Kier molecular flexibility index (Phi) is 4.55. The van der Waals surface area contributed by atoms with Crippen LogP contribution in [-0.2, 0) is 4.74 Å². The molecule has 0 aliphatic rings. The fourth-order valence-corrected chi connectivity index (χ4v) is 1.38. The van der Waals surface area contributed by atoms with Gasteiger partial charge in [0, 0.05) is 26.2 Å². The normalized spacial score (nSPS) is 10.5. The molecule has 0 bridgehead atoms. The number of methoxy groups -OCH3 is 1. The highest BCUT2D eigenvalue weighted by molar-refractivity contribution is 5.96. The number of aryl methyl sites for hydroxylation is 1. The number of halogens is 2. The molecule has 0 aromatic heterocycles. The lowest BCUT2D eigenvalue weighted by Gasteiger charge is -2.04. The lowest BCUT2D eigenvalue weighted by atomic mass is 10.0. The minimum atomic E-state index is -0.800. The van der Waals surface area contributed by atoms with Crippen LogP contribution in [0.1, 0.15) is 28.8 Å². The van der Waals surface area contributed by atoms with Gasteiger partial charge in [-0.2, -0.15) is 0 Å². The molecule has 0 aliphatic carbocycles. The maximum atomic E-state index is 13.3. The van der Waals surface area contributed by atoms with Crippen LogP contribution in [0.5, 0.6) is 0 Å². The minimum Gasteiger partial charge on any atom is -0.385 e. The van der Waals surface area contributed by atoms with E-state index in [1.54, 1.807) is 0 Å². The molecule has 0 atom stereocenters. The van der Waals surface area contributed by atoms with Gasteiger partial charge in [0.2, 0.25) is 0 Å². The Balaban J connectivity index is 2.79. The predicted octanol–water partition coefficient (Wildman–Crippen LogP) is 2.88. The zero-order valence-electron chi connectivity index (χ0n) is 9.35. The van der Waals surface area contributed by atoms with Crippen molar-refractivity contribution in [3.63, 3.8) is 0 Å². The van der Waals surface area contributed by atoms with Crippen LogP contribution in [0.15, 0.2) is 12.1 Å². The number of Topliss-reactive ketones (excluding diaryl/α,β-unsaturated/α-hetero) is 1. The molecule has 1 rings (SSSR count). The van der Waals surface area contributed by atoms with Crippen LogP contribution in [-0.4, -0.2) is 19.5 Å². The first-order chi connectivity index (χ1) is 7.56. The van der Waals surface area contributed by atoms with Crippen molar-refractivity contribution in [1.82, 2.24) is 0 Å². The van der Waals surface area contributed by atoms with Crippen molar-refractivity contribution in [1.29, 1.82) is 0 Å². The number of benzene rings is 1. The average Bonchev–Trinajstić information content (AvgIpc) is 2.23. The molecule has 0 unspecified atom stereocenters. The van der Waals surface area contributed by atoms with E-state index in [-0.39, 0.29) is 23.3 Å². The van der Waals surface area contributed by atoms with Crippen molar-refractivity contribution >= 4 is 5.78 Å². The summed E-state index contributed by atoms with van der Waals surface area (Å²) in [5.74, 6) is -1.76. The van der Waals surface area contributed by atoms with Gasteiger partial charge < -0.3 is 4.74 Å². The van der Waals surface area contributed by atoms with E-state index in [4.69, 9.17) is 4.74 Å². The Morgan fingerprint density at radius 3 is 2.62 bits per heavy atom. The first-order valence-corrected chi connectivity index (χ1v) is 5.04. The average molecular weight is 228 g/mol. The molecule has 0 heterocycles. The second-order valence-corrected chi connectivity index (χ2v) is 3.60. The highest BCUT2D eigenvalue weighted by atomic mass is 19.1. The Labute approximate surface area is 93.2 Å². The van der Waals surface area contributed by atoms with E-state index >= 15 is 0 Å². The van der Waals surface area contributed by atoms with E-state index in [1.165, 1.54) is 20.1 Å². The van der Waals surface area contributed by atoms with Gasteiger partial charge in [0.1, 0.15) is 11.6 Å². The van der Waals surface area contributed by atoms with E-state index in [0.717, 1.165) is 6.07 Å². The summed E-state index contributed by atoms with van der Waals surface area (Å²) in [6, 6.07) is 2.00. The molecule has 0 aliphatic heterocycles. The number of hydrogen-bond donors (Lipinski definition) is 0. The number of carbonyl (C=O) groups is 1. The summed E-state index contributed by atoms with van der Waals surface area (Å²) in [4.78, 5) is 11.6. The highest BCUT2D eigenvalue weighted by Crippen LogP contribution is 2.16. The van der Waals surface area contributed by atoms with Crippen molar-refractivity contribution in [2.75, 3.05) is 13.7 Å². The molecular weight excluding hydrogens is 214 g/mol. The molecule has 4 heteroatoms. The van der Waals surface area contributed by atoms with E-state index in [2.05, 4.69) is 0 Å². The molecule has 0 spiro atoms. The van der Waals surface area contributed by atoms with Crippen LogP contribution in [0.3, 0.4) is 0 Å². The summed E-state index contributed by atoms with van der Waals surface area (Å²) in [6.45, 7) is 1.95. The standard InChI is InChI=1S/C12H14F2O2/c1-8-6-9(11(14)7-10(8)13)12(15)4-3-5-16-2/h6-7H,3-5H2,1-2H3. The molecular formula is C12H14F2O2. The van der Waals surface area contributed by atoms with Gasteiger partial charge in [-0.3, -0.25) is 4.79 Å². The maximum Gasteiger partial charge on any atom is 0.165 e. The van der Waals surface area contributed by atoms with Gasteiger partial charge in [-0.1, -0.05) is 0 Å². The summed E-state index contributed by atoms with van der Waals surface area (Å²) >= 11 is 0. The Morgan fingerprint density at radius 2 is 2.00 bits per heavy atom. The van der Waals surface area contributed by atoms with Crippen molar-refractivity contribution in [3.8, 4) is 0 Å². The zero-order chi connectivity index (χ0) is 12.1. The van der Waals surface area contributed by atoms with Crippen molar-refractivity contribution in [3.05, 3.63) is 34.9 Å². The highest BCUT2D eigenvalue weighted by Gasteiger charge is 2.13. The zero-order valence-corrected chi connectivity index (χ0v) is 9.35. The van der Waals surface area contributed by atoms with E-state index in [9.17, 15) is 13.6 Å². The third-order valence-corrected chi connectivity index (χ3v) is 2.30. The quantitative estimate of drug-likeness (QED) is 0.572. The summed E-state index contributed by atoms with van der Waals surface area (Å²) in [7, 11) is 1.53. The second-order valence-electron chi connectivity index (χ2n) is 3.60. The van der Waals surface area contributed by atoms with Gasteiger partial charge in [-0.15, -0.1) is 0 Å². The van der Waals surface area contributed by atoms with Crippen LogP contribution in [0, 0.1) is 18.6 Å². The van der Waals surface area contributed by atoms with Crippen molar-refractivity contribution < 1.29 is 18.3 Å². The van der Waals surface area contributed by atoms with Crippen LogP contribution in [0.25, 0.3) is 0 Å². The SMILES string of the molecule is COCCCC(=O)c1cc(C)c(F)cc1F. The maximum absolute atomic E-state index is 13.3. The Morgan fingerprint density at radius 1 is 1.31 bits per heavy atom. The van der Waals surface area contributed by atoms with Gasteiger partial charge >= 0.3 is 0 Å². The summed E-state index contributed by atoms with van der Waals surface area (Å²) in [5.41, 5.74) is 0.228. The molecule has 0 N–H and O–H groups in total. The third kappa shape index (κ3) is 3.10. The minimum absolute atomic E-state index is 0.0463. The predicted molar refractivity (Wildman–Crippen MR) is 56.5 cm³/mol. The largest absolute Gasteiger partial charge is 0.385 e. The molecule has 2 nitrogen and oxygen atoms in total. The van der Waals surface area contributed by atoms with E-state index < -0.39 is 11.6 Å². The first-order valence-electron chi connectivity index (χ1n) is 5.04. The summed E-state index contributed by atoms with van der Waals surface area (Å²) < 4.78 is 31.1. The Bertz CT molecular complexity index is 389. The number of hydrogen-bond acceptors (Lipinski definition) is 2. The Hall–Kier alpha value is -1.29. The lowest BCUT2D eigenvalue weighted by molar-refractivity contribution is 0.0959. The van der Waals surface area contributed by atoms with Gasteiger partial charge in [-0.25, -0.2) is 8.78 Å². The summed E-state index contributed by atoms with van der Waals surface area (Å²) in [5, 5.41) is 0. The molecule has 1 aromatic rings. The van der Waals surface area contributed by atoms with Crippen LogP contribution in [0.2, 0.25) is 0 Å². The van der Waals surface area contributed by atoms with E-state index in [1.807, 2.05) is 0 Å². The number of carbonyl (C=O) groups excluding carboxylic acids is 1. The molecule has 0 fully saturated rings. The summed E-state index contributed by atoms with van der Waals surface area (Å²) in [6.07, 6.45) is 0.737. The third-order valence-electron chi connectivity index (χ3n) is 2.30. The van der Waals surface area contributed by atoms with Crippen LogP contribution in [0.4, 0.5) is 8.78 Å². The molecule has 1 aromatic carbocycles. The molecule has 0 amide bonds. The van der Waals surface area contributed by atoms with Crippen molar-refractivity contribution in [2.45, 2.75) is 19.8 Å². The molecule has 16 heavy (non-hydrogen) atoms. The van der Waals surface area contributed by atoms with Gasteiger partial charge in [-0.05, 0) is 25.0 Å². The van der Waals surface area contributed by atoms with E-state index in [0.29, 0.717) is 13.0 Å². The molecule has 0 saturated carbocycles. The monoisotopic (exact) mass is 228 g/mol. The van der Waals surface area contributed by atoms with Gasteiger partial charge in [0.25, 0.3) is 0 Å². The molecule has 0 radical (unpaired) electrons. The number of ketones is 1. The smallest absolute Gasteiger partial charge is 0.165 e. The molecule has 0 saturated heterocycles. The van der Waals surface area contributed by atoms with Crippen LogP contribution < -0.4 is 0 Å². The number of ether oxygens (including phenoxy) is 1. The fraction of sp³-hybridized carbons (Fsp3) is 0.417. The first kappa shape index (κ1) is 12.8. The topological polar surface area (TPSA) is 26.3 Å².